The molecule has 0 aromatic carbocycles. The van der Waals surface area contributed by atoms with Crippen molar-refractivity contribution in [1.29, 1.82) is 0 Å². The molecule has 15 heavy (non-hydrogen) atoms. The van der Waals surface area contributed by atoms with E-state index >= 15 is 0 Å². The summed E-state index contributed by atoms with van der Waals surface area (Å²) >= 11 is 5.39. The van der Waals surface area contributed by atoms with Crippen LogP contribution in [-0.2, 0) is 6.54 Å². The number of rotatable bonds is 2. The Labute approximate surface area is 105 Å². The smallest absolute Gasteiger partial charge is 0.0701 e. The first-order chi connectivity index (χ1) is 7.16. The third-order valence-corrected chi connectivity index (χ3v) is 4.95. The number of thiophene rings is 1. The average molecular weight is 288 g/mol. The number of halogens is 1. The monoisotopic (exact) mass is 287 g/mol. The number of hydrogen-bond acceptors (Lipinski definition) is 2. The Morgan fingerprint density at radius 2 is 2.00 bits per heavy atom. The topological polar surface area (TPSA) is 3.24 Å². The van der Waals surface area contributed by atoms with Crippen molar-refractivity contribution in [3.05, 3.63) is 20.8 Å². The van der Waals surface area contributed by atoms with Gasteiger partial charge in [0.2, 0.25) is 0 Å². The molecule has 1 aliphatic rings. The van der Waals surface area contributed by atoms with Crippen LogP contribution in [0, 0.1) is 0 Å². The van der Waals surface area contributed by atoms with Crippen LogP contribution in [0.4, 0.5) is 0 Å². The predicted octanol–water partition coefficient (Wildman–Crippen LogP) is 4.27. The van der Waals surface area contributed by atoms with E-state index in [2.05, 4.69) is 46.8 Å². The zero-order chi connectivity index (χ0) is 10.8. The van der Waals surface area contributed by atoms with Crippen LogP contribution < -0.4 is 0 Å². The lowest BCUT2D eigenvalue weighted by molar-refractivity contribution is 0.0964. The van der Waals surface area contributed by atoms with Crippen molar-refractivity contribution in [2.75, 3.05) is 0 Å². The lowest BCUT2D eigenvalue weighted by atomic mass is 9.97. The van der Waals surface area contributed by atoms with Crippen molar-refractivity contribution >= 4 is 27.3 Å². The van der Waals surface area contributed by atoms with Crippen LogP contribution >= 0.6 is 27.3 Å². The van der Waals surface area contributed by atoms with Crippen molar-refractivity contribution in [1.82, 2.24) is 4.90 Å². The Morgan fingerprint density at radius 1 is 1.33 bits per heavy atom. The normalized spacial score (nSPS) is 28.2. The van der Waals surface area contributed by atoms with E-state index in [4.69, 9.17) is 0 Å². The van der Waals surface area contributed by atoms with Crippen LogP contribution in [0.15, 0.2) is 15.9 Å². The van der Waals surface area contributed by atoms with Gasteiger partial charge in [-0.25, -0.2) is 0 Å². The maximum atomic E-state index is 3.53. The molecule has 1 aromatic rings. The van der Waals surface area contributed by atoms with E-state index in [0.717, 1.165) is 18.6 Å². The molecule has 1 aliphatic heterocycles. The molecule has 2 rings (SSSR count). The van der Waals surface area contributed by atoms with E-state index in [0.29, 0.717) is 0 Å². The van der Waals surface area contributed by atoms with Crippen LogP contribution in [0.2, 0.25) is 0 Å². The molecule has 0 amide bonds. The molecule has 84 valence electrons. The van der Waals surface area contributed by atoms with E-state index < -0.39 is 0 Å². The Bertz CT molecular complexity index is 313. The summed E-state index contributed by atoms with van der Waals surface area (Å²) in [5, 5.41) is 0. The van der Waals surface area contributed by atoms with Gasteiger partial charge in [-0.3, -0.25) is 4.90 Å². The SMILES string of the molecule is CC1CCCC(C)N1Cc1ccc(Br)s1. The molecule has 1 saturated heterocycles. The highest BCUT2D eigenvalue weighted by Gasteiger charge is 2.24. The fraction of sp³-hybridized carbons (Fsp3) is 0.667. The first-order valence-electron chi connectivity index (χ1n) is 5.67. The van der Waals surface area contributed by atoms with Gasteiger partial charge in [0.1, 0.15) is 0 Å². The summed E-state index contributed by atoms with van der Waals surface area (Å²) in [5.74, 6) is 0. The summed E-state index contributed by atoms with van der Waals surface area (Å²) in [5.41, 5.74) is 0. The molecule has 1 nitrogen and oxygen atoms in total. The molecule has 2 unspecified atom stereocenters. The van der Waals surface area contributed by atoms with Gasteiger partial charge in [0, 0.05) is 23.5 Å². The van der Waals surface area contributed by atoms with Gasteiger partial charge in [-0.1, -0.05) is 6.42 Å². The van der Waals surface area contributed by atoms with E-state index in [1.54, 1.807) is 0 Å². The zero-order valence-electron chi connectivity index (χ0n) is 9.37. The maximum Gasteiger partial charge on any atom is 0.0701 e. The molecule has 0 saturated carbocycles. The highest BCUT2D eigenvalue weighted by atomic mass is 79.9. The second kappa shape index (κ2) is 4.98. The lowest BCUT2D eigenvalue weighted by Crippen LogP contribution is -2.42. The van der Waals surface area contributed by atoms with Crippen molar-refractivity contribution in [3.8, 4) is 0 Å². The Morgan fingerprint density at radius 3 is 2.53 bits per heavy atom. The zero-order valence-corrected chi connectivity index (χ0v) is 11.8. The van der Waals surface area contributed by atoms with E-state index in [1.807, 2.05) is 11.3 Å². The first-order valence-corrected chi connectivity index (χ1v) is 7.27. The molecular formula is C12H18BrNS. The van der Waals surface area contributed by atoms with Gasteiger partial charge in [-0.05, 0) is 54.8 Å². The van der Waals surface area contributed by atoms with Gasteiger partial charge in [0.05, 0.1) is 3.79 Å². The largest absolute Gasteiger partial charge is 0.293 e. The summed E-state index contributed by atoms with van der Waals surface area (Å²) in [6, 6.07) is 5.88. The first kappa shape index (κ1) is 11.6. The summed E-state index contributed by atoms with van der Waals surface area (Å²) < 4.78 is 1.25. The highest BCUT2D eigenvalue weighted by Crippen LogP contribution is 2.28. The number of piperidine rings is 1. The van der Waals surface area contributed by atoms with Gasteiger partial charge < -0.3 is 0 Å². The summed E-state index contributed by atoms with van der Waals surface area (Å²) in [6.07, 6.45) is 4.11. The van der Waals surface area contributed by atoms with Gasteiger partial charge in [-0.15, -0.1) is 11.3 Å². The number of nitrogens with zero attached hydrogens (tertiary/aromatic N) is 1. The number of likely N-dealkylation sites (tertiary alicyclic amines) is 1. The Balaban J connectivity index is 2.03. The van der Waals surface area contributed by atoms with Gasteiger partial charge in [0.25, 0.3) is 0 Å². The number of hydrogen-bond donors (Lipinski definition) is 0. The van der Waals surface area contributed by atoms with Gasteiger partial charge in [0.15, 0.2) is 0 Å². The molecule has 0 bridgehead atoms. The summed E-state index contributed by atoms with van der Waals surface area (Å²) in [7, 11) is 0. The molecule has 0 N–H and O–H groups in total. The van der Waals surface area contributed by atoms with E-state index in [-0.39, 0.29) is 0 Å². The Hall–Kier alpha value is 0.140. The van der Waals surface area contributed by atoms with Crippen molar-refractivity contribution in [2.45, 2.75) is 51.7 Å². The third kappa shape index (κ3) is 2.83. The predicted molar refractivity (Wildman–Crippen MR) is 70.3 cm³/mol. The van der Waals surface area contributed by atoms with Crippen LogP contribution in [-0.4, -0.2) is 17.0 Å². The second-order valence-corrected chi connectivity index (χ2v) is 7.05. The molecule has 2 atom stereocenters. The van der Waals surface area contributed by atoms with Crippen molar-refractivity contribution in [2.24, 2.45) is 0 Å². The average Bonchev–Trinajstić information content (AvgIpc) is 2.58. The summed E-state index contributed by atoms with van der Waals surface area (Å²) in [4.78, 5) is 4.12. The van der Waals surface area contributed by atoms with Gasteiger partial charge in [-0.2, -0.15) is 0 Å². The quantitative estimate of drug-likeness (QED) is 0.785. The minimum atomic E-state index is 0.745. The summed E-state index contributed by atoms with van der Waals surface area (Å²) in [6.45, 7) is 5.84. The molecule has 0 spiro atoms. The maximum absolute atomic E-state index is 3.53. The van der Waals surface area contributed by atoms with Crippen LogP contribution in [0.25, 0.3) is 0 Å². The van der Waals surface area contributed by atoms with Crippen LogP contribution in [0.3, 0.4) is 0 Å². The molecule has 1 aromatic heterocycles. The molecule has 2 heterocycles. The van der Waals surface area contributed by atoms with Gasteiger partial charge >= 0.3 is 0 Å². The van der Waals surface area contributed by atoms with E-state index in [9.17, 15) is 0 Å². The molecule has 0 radical (unpaired) electrons. The minimum absolute atomic E-state index is 0.745. The Kier molecular flexibility index (Phi) is 3.86. The van der Waals surface area contributed by atoms with Crippen molar-refractivity contribution in [3.63, 3.8) is 0 Å². The molecule has 0 aliphatic carbocycles. The highest BCUT2D eigenvalue weighted by molar-refractivity contribution is 9.11. The van der Waals surface area contributed by atoms with E-state index in [1.165, 1.54) is 27.9 Å². The minimum Gasteiger partial charge on any atom is -0.293 e. The van der Waals surface area contributed by atoms with Crippen LogP contribution in [0.5, 0.6) is 0 Å². The fourth-order valence-electron chi connectivity index (χ4n) is 2.40. The molecule has 1 fully saturated rings. The second-order valence-electron chi connectivity index (χ2n) is 4.51. The standard InChI is InChI=1S/C12H18BrNS/c1-9-4-3-5-10(2)14(9)8-11-6-7-12(13)15-11/h6-7,9-10H,3-5,8H2,1-2H3. The van der Waals surface area contributed by atoms with Crippen LogP contribution in [0.1, 0.15) is 38.0 Å². The fourth-order valence-corrected chi connectivity index (χ4v) is 3.90. The molecule has 3 heteroatoms. The van der Waals surface area contributed by atoms with Crippen molar-refractivity contribution < 1.29 is 0 Å². The lowest BCUT2D eigenvalue weighted by Gasteiger charge is -2.38. The molecular weight excluding hydrogens is 270 g/mol. The third-order valence-electron chi connectivity index (χ3n) is 3.34.